The van der Waals surface area contributed by atoms with Crippen LogP contribution >= 0.6 is 43.2 Å². The zero-order valence-corrected chi connectivity index (χ0v) is 18.6. The molecule has 0 aliphatic carbocycles. The smallest absolute Gasteiger partial charge is 0.118 e. The molecule has 1 heterocycles. The van der Waals surface area contributed by atoms with E-state index in [0.29, 0.717) is 0 Å². The molecular formula is C22H14Br2O2S. The first-order valence-electron chi connectivity index (χ1n) is 7.90. The fraction of sp³-hybridized carbons (Fsp3) is 0.0909. The number of thiophene rings is 1. The zero-order chi connectivity index (χ0) is 19.2. The first-order chi connectivity index (χ1) is 13.1. The maximum atomic E-state index is 5.16. The van der Waals surface area contributed by atoms with Gasteiger partial charge in [-0.25, -0.2) is 0 Å². The van der Waals surface area contributed by atoms with Gasteiger partial charge in [-0.3, -0.25) is 0 Å². The van der Waals surface area contributed by atoms with Crippen LogP contribution in [-0.2, 0) is 0 Å². The number of halogens is 2. The van der Waals surface area contributed by atoms with Gasteiger partial charge >= 0.3 is 0 Å². The second-order valence-electron chi connectivity index (χ2n) is 5.35. The summed E-state index contributed by atoms with van der Waals surface area (Å²) in [5, 5.41) is 0. The van der Waals surface area contributed by atoms with Crippen LogP contribution < -0.4 is 9.47 Å². The molecule has 0 unspecified atom stereocenters. The van der Waals surface area contributed by atoms with Gasteiger partial charge in [-0.15, -0.1) is 11.3 Å². The molecule has 134 valence electrons. The summed E-state index contributed by atoms with van der Waals surface area (Å²) in [6, 6.07) is 15.3. The van der Waals surface area contributed by atoms with E-state index in [1.165, 1.54) is 0 Å². The Hall–Kier alpha value is -2.18. The normalized spacial score (nSPS) is 9.63. The van der Waals surface area contributed by atoms with Crippen LogP contribution in [0.1, 0.15) is 20.9 Å². The van der Waals surface area contributed by atoms with Gasteiger partial charge in [0, 0.05) is 11.1 Å². The zero-order valence-electron chi connectivity index (χ0n) is 14.6. The highest BCUT2D eigenvalue weighted by Crippen LogP contribution is 2.36. The topological polar surface area (TPSA) is 18.5 Å². The maximum Gasteiger partial charge on any atom is 0.118 e. The Bertz CT molecular complexity index is 974. The Labute approximate surface area is 179 Å². The molecule has 0 spiro atoms. The van der Waals surface area contributed by atoms with E-state index >= 15 is 0 Å². The SMILES string of the molecule is COc1ccc(C#Cc2sc(C#Cc3ccc(OC)cc3)c(Br)c2Br)cc1. The molecule has 5 heteroatoms. The van der Waals surface area contributed by atoms with Gasteiger partial charge < -0.3 is 9.47 Å². The molecule has 2 aromatic carbocycles. The average molecular weight is 502 g/mol. The second-order valence-corrected chi connectivity index (χ2v) is 7.95. The summed E-state index contributed by atoms with van der Waals surface area (Å²) < 4.78 is 12.2. The molecule has 1 aromatic heterocycles. The summed E-state index contributed by atoms with van der Waals surface area (Å²) >= 11 is 8.75. The van der Waals surface area contributed by atoms with Gasteiger partial charge in [-0.05, 0) is 92.2 Å². The number of hydrogen-bond donors (Lipinski definition) is 0. The predicted octanol–water partition coefficient (Wildman–Crippen LogP) is 6.09. The minimum absolute atomic E-state index is 0.816. The second kappa shape index (κ2) is 9.15. The molecule has 27 heavy (non-hydrogen) atoms. The maximum absolute atomic E-state index is 5.16. The lowest BCUT2D eigenvalue weighted by molar-refractivity contribution is 0.414. The Morgan fingerprint density at radius 2 is 1.00 bits per heavy atom. The van der Waals surface area contributed by atoms with E-state index in [4.69, 9.17) is 9.47 Å². The first-order valence-corrected chi connectivity index (χ1v) is 10.3. The Morgan fingerprint density at radius 1 is 0.630 bits per heavy atom. The van der Waals surface area contributed by atoms with Crippen LogP contribution in [-0.4, -0.2) is 14.2 Å². The summed E-state index contributed by atoms with van der Waals surface area (Å²) in [4.78, 5) is 1.86. The fourth-order valence-corrected chi connectivity index (χ4v) is 4.29. The van der Waals surface area contributed by atoms with Gasteiger partial charge in [0.15, 0.2) is 0 Å². The first kappa shape index (κ1) is 19.6. The van der Waals surface area contributed by atoms with Crippen LogP contribution in [0.15, 0.2) is 57.5 Å². The van der Waals surface area contributed by atoms with Crippen molar-refractivity contribution in [2.24, 2.45) is 0 Å². The van der Waals surface area contributed by atoms with Crippen LogP contribution in [0.5, 0.6) is 11.5 Å². The van der Waals surface area contributed by atoms with E-state index in [9.17, 15) is 0 Å². The van der Waals surface area contributed by atoms with Crippen molar-refractivity contribution in [1.82, 2.24) is 0 Å². The Balaban J connectivity index is 1.84. The lowest BCUT2D eigenvalue weighted by Crippen LogP contribution is -1.81. The van der Waals surface area contributed by atoms with E-state index in [1.807, 2.05) is 48.5 Å². The fourth-order valence-electron chi connectivity index (χ4n) is 2.16. The van der Waals surface area contributed by atoms with Crippen molar-refractivity contribution in [3.05, 3.63) is 78.4 Å². The quantitative estimate of drug-likeness (QED) is 0.395. The summed E-state index contributed by atoms with van der Waals surface area (Å²) in [6.45, 7) is 0. The third-order valence-corrected chi connectivity index (χ3v) is 7.28. The largest absolute Gasteiger partial charge is 0.497 e. The van der Waals surface area contributed by atoms with Crippen molar-refractivity contribution in [1.29, 1.82) is 0 Å². The number of benzene rings is 2. The average Bonchev–Trinajstić information content (AvgIpc) is 2.99. The van der Waals surface area contributed by atoms with Gasteiger partial charge in [0.2, 0.25) is 0 Å². The van der Waals surface area contributed by atoms with Gasteiger partial charge in [-0.2, -0.15) is 0 Å². The minimum atomic E-state index is 0.816. The molecule has 0 radical (unpaired) electrons. The third-order valence-electron chi connectivity index (χ3n) is 3.62. The summed E-state index contributed by atoms with van der Waals surface area (Å²) in [5.74, 6) is 14.4. The number of methoxy groups -OCH3 is 2. The van der Waals surface area contributed by atoms with E-state index in [-0.39, 0.29) is 0 Å². The summed E-state index contributed by atoms with van der Waals surface area (Å²) in [7, 11) is 3.30. The minimum Gasteiger partial charge on any atom is -0.497 e. The summed E-state index contributed by atoms with van der Waals surface area (Å²) in [5.41, 5.74) is 1.86. The van der Waals surface area contributed by atoms with Crippen LogP contribution in [0.3, 0.4) is 0 Å². The monoisotopic (exact) mass is 500 g/mol. The van der Waals surface area contributed by atoms with Crippen molar-refractivity contribution < 1.29 is 9.47 Å². The molecule has 3 rings (SSSR count). The van der Waals surface area contributed by atoms with Crippen molar-refractivity contribution >= 4 is 43.2 Å². The number of hydrogen-bond acceptors (Lipinski definition) is 3. The lowest BCUT2D eigenvalue weighted by atomic mass is 10.2. The Morgan fingerprint density at radius 3 is 1.33 bits per heavy atom. The number of ether oxygens (including phenoxy) is 2. The molecule has 0 amide bonds. The van der Waals surface area contributed by atoms with Crippen molar-refractivity contribution in [2.75, 3.05) is 14.2 Å². The van der Waals surface area contributed by atoms with E-state index in [0.717, 1.165) is 41.3 Å². The van der Waals surface area contributed by atoms with Crippen LogP contribution in [0, 0.1) is 23.7 Å². The molecule has 0 bridgehead atoms. The highest BCUT2D eigenvalue weighted by atomic mass is 79.9. The van der Waals surface area contributed by atoms with Crippen LogP contribution in [0.25, 0.3) is 0 Å². The molecular weight excluding hydrogens is 488 g/mol. The number of rotatable bonds is 2. The van der Waals surface area contributed by atoms with Crippen molar-refractivity contribution in [3.8, 4) is 35.2 Å². The molecule has 0 atom stereocenters. The molecule has 0 aliphatic rings. The predicted molar refractivity (Wildman–Crippen MR) is 118 cm³/mol. The van der Waals surface area contributed by atoms with Crippen molar-refractivity contribution in [3.63, 3.8) is 0 Å². The van der Waals surface area contributed by atoms with Gasteiger partial charge in [0.1, 0.15) is 11.5 Å². The molecule has 0 saturated heterocycles. The highest BCUT2D eigenvalue weighted by molar-refractivity contribution is 9.13. The van der Waals surface area contributed by atoms with Crippen molar-refractivity contribution in [2.45, 2.75) is 0 Å². The van der Waals surface area contributed by atoms with E-state index in [1.54, 1.807) is 25.6 Å². The Kier molecular flexibility index (Phi) is 6.63. The van der Waals surface area contributed by atoms with Gasteiger partial charge in [0.25, 0.3) is 0 Å². The lowest BCUT2D eigenvalue weighted by Gasteiger charge is -1.97. The van der Waals surface area contributed by atoms with Crippen LogP contribution in [0.4, 0.5) is 0 Å². The molecule has 0 N–H and O–H groups in total. The highest BCUT2D eigenvalue weighted by Gasteiger charge is 2.11. The van der Waals surface area contributed by atoms with Crippen LogP contribution in [0.2, 0.25) is 0 Å². The molecule has 0 saturated carbocycles. The molecule has 2 nitrogen and oxygen atoms in total. The van der Waals surface area contributed by atoms with E-state index < -0.39 is 0 Å². The standard InChI is InChI=1S/C22H14Br2O2S/c1-25-17-9-3-15(4-10-17)7-13-19-21(23)22(24)20(27-19)14-8-16-5-11-18(26-2)12-6-16/h3-6,9-12H,1-2H3. The van der Waals surface area contributed by atoms with Gasteiger partial charge in [0.05, 0.1) is 32.9 Å². The van der Waals surface area contributed by atoms with E-state index in [2.05, 4.69) is 55.5 Å². The summed E-state index contributed by atoms with van der Waals surface area (Å²) in [6.07, 6.45) is 0. The molecule has 3 aromatic rings. The van der Waals surface area contributed by atoms with Gasteiger partial charge in [-0.1, -0.05) is 11.8 Å². The molecule has 0 fully saturated rings. The molecule has 0 aliphatic heterocycles. The third kappa shape index (κ3) is 4.96.